The second-order valence-electron chi connectivity index (χ2n) is 26.5. The van der Waals surface area contributed by atoms with Crippen LogP contribution in [0.3, 0.4) is 0 Å². The molecule has 0 bridgehead atoms. The number of nitrogens with one attached hydrogen (secondary N) is 8. The summed E-state index contributed by atoms with van der Waals surface area (Å²) in [4.78, 5) is 57.0. The third kappa shape index (κ3) is 16.1. The zero-order chi connectivity index (χ0) is 81.1. The third-order valence-electron chi connectivity index (χ3n) is 19.3. The molecule has 7 aromatic carbocycles. The number of halogens is 3. The van der Waals surface area contributed by atoms with Gasteiger partial charge < -0.3 is 40.2 Å². The molecule has 13 heterocycles. The summed E-state index contributed by atoms with van der Waals surface area (Å²) < 4.78 is 63.3. The number of allylic oxidation sites excluding steroid dienone is 4. The van der Waals surface area contributed by atoms with Crippen molar-refractivity contribution >= 4 is 113 Å². The largest absolute Gasteiger partial charge is 0.495 e. The van der Waals surface area contributed by atoms with Crippen LogP contribution in [0.25, 0.3) is 88.6 Å². The molecular formula is C87H68F3N25O4. The van der Waals surface area contributed by atoms with Crippen LogP contribution in [-0.2, 0) is 0 Å². The Kier molecular flexibility index (Phi) is 21.7. The fourth-order valence-electron chi connectivity index (χ4n) is 13.6. The average molecular weight is 1580 g/mol. The number of benzene rings is 7. The van der Waals surface area contributed by atoms with Gasteiger partial charge >= 0.3 is 0 Å². The average Bonchev–Trinajstić information content (AvgIpc) is 1.67. The lowest BCUT2D eigenvalue weighted by atomic mass is 10.0. The molecule has 4 aliphatic rings. The van der Waals surface area contributed by atoms with Gasteiger partial charge in [-0.1, -0.05) is 115 Å². The molecule has 0 saturated carbocycles. The molecular weight excluding hydrogens is 1520 g/mol. The van der Waals surface area contributed by atoms with Crippen molar-refractivity contribution in [1.82, 2.24) is 85.6 Å². The Balaban J connectivity index is 0.000000113. The first kappa shape index (κ1) is 75.4. The molecule has 0 radical (unpaired) electrons. The van der Waals surface area contributed by atoms with Crippen LogP contribution in [0.4, 0.5) is 59.2 Å². The summed E-state index contributed by atoms with van der Waals surface area (Å²) in [6.07, 6.45) is 23.3. The van der Waals surface area contributed by atoms with Gasteiger partial charge in [-0.05, 0) is 130 Å². The molecule has 0 atom stereocenters. The summed E-state index contributed by atoms with van der Waals surface area (Å²) in [7, 11) is 6.38. The van der Waals surface area contributed by atoms with Crippen molar-refractivity contribution in [1.29, 1.82) is 0 Å². The van der Waals surface area contributed by atoms with E-state index in [1.54, 1.807) is 77.1 Å². The normalized spacial score (nSPS) is 12.9. The molecule has 0 aliphatic carbocycles. The molecule has 0 spiro atoms. The number of H-pyrrole nitrogens is 4. The van der Waals surface area contributed by atoms with Crippen molar-refractivity contribution in [2.24, 2.45) is 20.0 Å². The number of hydrogen-bond donors (Lipinski definition) is 8. The summed E-state index contributed by atoms with van der Waals surface area (Å²) in [6, 6.07) is 48.3. The molecule has 0 saturated heterocycles. The number of methoxy groups -OCH3 is 4. The number of aromatic amines is 4. The summed E-state index contributed by atoms with van der Waals surface area (Å²) in [6.45, 7) is 2.56. The Morgan fingerprint density at radius 2 is 0.672 bits per heavy atom. The number of fused-ring (bicyclic) bond motifs is 4. The van der Waals surface area contributed by atoms with Crippen LogP contribution < -0.4 is 40.2 Å². The van der Waals surface area contributed by atoms with E-state index in [0.29, 0.717) is 118 Å². The predicted octanol–water partition coefficient (Wildman–Crippen LogP) is 16.3. The topological polar surface area (TPSA) is 365 Å². The molecule has 0 unspecified atom stereocenters. The van der Waals surface area contributed by atoms with Gasteiger partial charge in [0, 0.05) is 17.3 Å². The molecule has 9 aromatic heterocycles. The van der Waals surface area contributed by atoms with Gasteiger partial charge in [0.25, 0.3) is 0 Å². The second-order valence-corrected chi connectivity index (χ2v) is 26.5. The lowest BCUT2D eigenvalue weighted by Crippen LogP contribution is -2.02. The van der Waals surface area contributed by atoms with Crippen LogP contribution in [-0.4, -0.2) is 163 Å². The van der Waals surface area contributed by atoms with Gasteiger partial charge in [0.2, 0.25) is 5.88 Å². The van der Waals surface area contributed by atoms with Crippen molar-refractivity contribution in [3.05, 3.63) is 284 Å². The van der Waals surface area contributed by atoms with E-state index in [0.717, 1.165) is 112 Å². The first-order valence-corrected chi connectivity index (χ1v) is 37.1. The number of anilines is 8. The Morgan fingerprint density at radius 3 is 1.08 bits per heavy atom. The van der Waals surface area contributed by atoms with Crippen molar-refractivity contribution < 1.29 is 32.1 Å². The lowest BCUT2D eigenvalue weighted by Gasteiger charge is -2.14. The van der Waals surface area contributed by atoms with E-state index in [1.165, 1.54) is 55.6 Å². The first-order chi connectivity index (χ1) is 58.5. The minimum absolute atomic E-state index is 0.273. The molecule has 8 N–H and O–H groups in total. The number of aliphatic imine (C=N–C) groups is 4. The SMILES string of the molecule is COc1ccc(-c2ccc(F)cc2)cc1Nc1ncnc2n[nH]c(C3=NCC=C3)c12.COc1ccc(-c2cccc(F)c2)cc1Nc1ncnc2n[nH]c(C3=NCC=C3)c12.COc1ccc(-c2ccccc2F)cc1Nc1ncnc2n[nH]c(C3=NCC=C3)c12.COc1ncc(-c2ccccc2)cc1Nc1ncnc2n[nH]c(C3=NCC=C3)c12. The van der Waals surface area contributed by atoms with E-state index in [-0.39, 0.29) is 17.5 Å². The Hall–Kier alpha value is -16.3. The number of aromatic nitrogens is 17. The van der Waals surface area contributed by atoms with E-state index in [2.05, 4.69) is 127 Å². The molecule has 0 fully saturated rings. The Bertz CT molecular complexity index is 6770. The number of pyridine rings is 1. The predicted molar refractivity (Wildman–Crippen MR) is 453 cm³/mol. The van der Waals surface area contributed by atoms with Gasteiger partial charge in [-0.2, -0.15) is 20.4 Å². The highest BCUT2D eigenvalue weighted by Crippen LogP contribution is 2.40. The molecule has 0 amide bonds. The van der Waals surface area contributed by atoms with Gasteiger partial charge in [-0.25, -0.2) is 58.0 Å². The minimum Gasteiger partial charge on any atom is -0.495 e. The second kappa shape index (κ2) is 34.2. The van der Waals surface area contributed by atoms with Gasteiger partial charge in [-0.15, -0.1) is 0 Å². The fourth-order valence-corrected chi connectivity index (χ4v) is 13.6. The molecule has 20 rings (SSSR count). The van der Waals surface area contributed by atoms with Crippen LogP contribution in [0.15, 0.2) is 264 Å². The summed E-state index contributed by atoms with van der Waals surface area (Å²) in [5.74, 6) is 3.81. The third-order valence-corrected chi connectivity index (χ3v) is 19.3. The quantitative estimate of drug-likeness (QED) is 0.0351. The van der Waals surface area contributed by atoms with E-state index in [4.69, 9.17) is 18.9 Å². The highest BCUT2D eigenvalue weighted by Gasteiger charge is 2.25. The van der Waals surface area contributed by atoms with Crippen LogP contribution in [0.5, 0.6) is 23.1 Å². The fraction of sp³-hybridized carbons (Fsp3) is 0.0920. The van der Waals surface area contributed by atoms with Crippen molar-refractivity contribution in [3.63, 3.8) is 0 Å². The van der Waals surface area contributed by atoms with Gasteiger partial charge in [0.15, 0.2) is 22.6 Å². The highest BCUT2D eigenvalue weighted by atomic mass is 19.1. The maximum absolute atomic E-state index is 14.3. The van der Waals surface area contributed by atoms with E-state index >= 15 is 0 Å². The zero-order valence-corrected chi connectivity index (χ0v) is 63.8. The van der Waals surface area contributed by atoms with E-state index < -0.39 is 0 Å². The van der Waals surface area contributed by atoms with E-state index in [1.807, 2.05) is 140 Å². The van der Waals surface area contributed by atoms with E-state index in [9.17, 15) is 13.2 Å². The standard InChI is InChI=1S/3C22H17FN6O.C21H17N7O/c1-30-18-8-7-14(13-4-2-5-15(23)10-13)11-17(18)27-21-19-20(16-6-3-9-24-16)28-29-22(19)26-12-25-21;1-30-18-9-6-14(13-4-7-15(23)8-5-13)11-17(18)27-21-19-20(16-3-2-10-24-16)28-29-22(19)26-12-25-21;1-30-18-9-8-13(14-5-2-3-6-15(14)23)11-17(18)27-21-19-20(16-7-4-10-24-16)28-29-22(19)26-12-25-21;1-29-21-16(10-14(11-23-21)13-6-3-2-4-7-13)26-19-17-18(15-8-5-9-22-15)27-28-20(17)25-12-24-19/h2-8,10-12H,9H2,1H3,(H2,25,26,27,28,29);2*2-9,11-12H,10H2,1H3,(H2,25,26,27,28,29);2-8,10-12H,9H2,1H3,(H2,24,25,26,27,28). The van der Waals surface area contributed by atoms with Crippen molar-refractivity contribution in [2.75, 3.05) is 75.9 Å². The smallest absolute Gasteiger partial charge is 0.237 e. The Morgan fingerprint density at radius 1 is 0.311 bits per heavy atom. The van der Waals surface area contributed by atoms with Gasteiger partial charge in [0.05, 0.1) is 139 Å². The van der Waals surface area contributed by atoms with Crippen LogP contribution in [0, 0.1) is 17.5 Å². The zero-order valence-electron chi connectivity index (χ0n) is 63.8. The summed E-state index contributed by atoms with van der Waals surface area (Å²) in [5.41, 5.74) is 17.9. The van der Waals surface area contributed by atoms with Crippen LogP contribution in [0.2, 0.25) is 0 Å². The number of rotatable bonds is 20. The summed E-state index contributed by atoms with van der Waals surface area (Å²) >= 11 is 0. The lowest BCUT2D eigenvalue weighted by molar-refractivity contribution is 0.400. The van der Waals surface area contributed by atoms with Crippen LogP contribution >= 0.6 is 0 Å². The highest BCUT2D eigenvalue weighted by molar-refractivity contribution is 6.20. The number of ether oxygens (including phenoxy) is 4. The minimum atomic E-state index is -0.291. The Labute approximate surface area is 675 Å². The van der Waals surface area contributed by atoms with Crippen molar-refractivity contribution in [3.8, 4) is 67.6 Å². The number of hydrogen-bond acceptors (Lipinski definition) is 25. The molecule has 586 valence electrons. The van der Waals surface area contributed by atoms with Crippen LogP contribution in [0.1, 0.15) is 22.8 Å². The molecule has 29 nitrogen and oxygen atoms in total. The summed E-state index contributed by atoms with van der Waals surface area (Å²) in [5, 5.41) is 45.5. The molecule has 32 heteroatoms. The first-order valence-electron chi connectivity index (χ1n) is 37.1. The molecule has 119 heavy (non-hydrogen) atoms. The molecule has 4 aliphatic heterocycles. The monoisotopic (exact) mass is 1580 g/mol. The number of nitrogens with zero attached hydrogens (tertiary/aromatic N) is 17. The maximum Gasteiger partial charge on any atom is 0.237 e. The van der Waals surface area contributed by atoms with Gasteiger partial charge in [0.1, 0.15) is 89.0 Å². The van der Waals surface area contributed by atoms with Crippen molar-refractivity contribution in [2.45, 2.75) is 0 Å². The molecule has 16 aromatic rings. The van der Waals surface area contributed by atoms with Gasteiger partial charge in [-0.3, -0.25) is 40.4 Å². The maximum atomic E-state index is 14.3.